The van der Waals surface area contributed by atoms with Gasteiger partial charge in [-0.15, -0.1) is 11.3 Å². The molecule has 2 aromatic heterocycles. The third kappa shape index (κ3) is 4.58. The van der Waals surface area contributed by atoms with E-state index in [1.165, 1.54) is 34.1 Å². The molecule has 12 nitrogen and oxygen atoms in total. The number of aryl methyl sites for hydroxylation is 2. The van der Waals surface area contributed by atoms with Gasteiger partial charge in [0.25, 0.3) is 0 Å². The summed E-state index contributed by atoms with van der Waals surface area (Å²) >= 11 is 14.3. The van der Waals surface area contributed by atoms with E-state index in [1.807, 2.05) is 31.2 Å². The average molecular weight is 764 g/mol. The van der Waals surface area contributed by atoms with Crippen molar-refractivity contribution in [3.8, 4) is 22.1 Å². The SMILES string of the molecule is COC(=O)N1C(=O)[C@H]2[C@H](CC=C3[C@H]2C[C@H]2C(=O)N(c4cc(-c5sc6ccc(Cl)cc6c5C)nn4C)C(=O)[C@@]2(C)[C@H]3c2cc(Cl)c(O)c(OC)c2)C1=O. The van der Waals surface area contributed by atoms with Gasteiger partial charge >= 0.3 is 6.09 Å². The number of aromatic hydroxyl groups is 1. The summed E-state index contributed by atoms with van der Waals surface area (Å²) in [5.74, 6) is -6.54. The number of allylic oxidation sites excluding steroid dienone is 2. The summed E-state index contributed by atoms with van der Waals surface area (Å²) < 4.78 is 12.7. The summed E-state index contributed by atoms with van der Waals surface area (Å²) in [4.78, 5) is 72.2. The number of carbonyl (C=O) groups is 5. The van der Waals surface area contributed by atoms with Crippen LogP contribution in [0.2, 0.25) is 10.0 Å². The van der Waals surface area contributed by atoms with Gasteiger partial charge in [0.15, 0.2) is 11.5 Å². The highest BCUT2D eigenvalue weighted by atomic mass is 35.5. The predicted molar refractivity (Wildman–Crippen MR) is 192 cm³/mol. The molecule has 4 heterocycles. The number of thiophene rings is 1. The summed E-state index contributed by atoms with van der Waals surface area (Å²) in [6.45, 7) is 3.71. The minimum Gasteiger partial charge on any atom is -0.503 e. The zero-order valence-corrected chi connectivity index (χ0v) is 30.9. The normalized spacial score (nSPS) is 26.8. The van der Waals surface area contributed by atoms with Crippen LogP contribution in [0.15, 0.2) is 48.0 Å². The number of nitrogens with zero attached hydrogens (tertiary/aromatic N) is 4. The van der Waals surface area contributed by atoms with E-state index in [0.29, 0.717) is 26.8 Å². The Labute approximate surface area is 311 Å². The van der Waals surface area contributed by atoms with Crippen LogP contribution in [0, 0.1) is 36.0 Å². The Morgan fingerprint density at radius 2 is 1.79 bits per heavy atom. The number of hydrogen-bond donors (Lipinski definition) is 1. The number of imide groups is 4. The molecule has 0 radical (unpaired) electrons. The molecular weight excluding hydrogens is 731 g/mol. The summed E-state index contributed by atoms with van der Waals surface area (Å²) in [7, 11) is 4.14. The van der Waals surface area contributed by atoms with E-state index >= 15 is 4.79 Å². The lowest BCUT2D eigenvalue weighted by molar-refractivity contribution is -0.138. The molecular formula is C37H32Cl2N4O8S. The number of phenolic OH excluding ortho intramolecular Hbond substituents is 1. The highest BCUT2D eigenvalue weighted by molar-refractivity contribution is 7.22. The van der Waals surface area contributed by atoms with Crippen molar-refractivity contribution >= 4 is 80.2 Å². The van der Waals surface area contributed by atoms with E-state index < -0.39 is 64.7 Å². The van der Waals surface area contributed by atoms with Crippen molar-refractivity contribution in [3.05, 3.63) is 69.2 Å². The van der Waals surface area contributed by atoms with E-state index in [0.717, 1.165) is 27.6 Å². The van der Waals surface area contributed by atoms with Crippen LogP contribution in [0.3, 0.4) is 0 Å². The van der Waals surface area contributed by atoms with Crippen molar-refractivity contribution in [2.24, 2.45) is 36.1 Å². The van der Waals surface area contributed by atoms with Gasteiger partial charge in [0.2, 0.25) is 23.6 Å². The van der Waals surface area contributed by atoms with Gasteiger partial charge in [-0.1, -0.05) is 34.9 Å². The number of anilines is 1. The summed E-state index contributed by atoms with van der Waals surface area (Å²) in [6, 6.07) is 10.5. The fourth-order valence-electron chi connectivity index (χ4n) is 9.02. The number of carbonyl (C=O) groups excluding carboxylic acids is 5. The van der Waals surface area contributed by atoms with Gasteiger partial charge in [-0.25, -0.2) is 9.69 Å². The second kappa shape index (κ2) is 11.9. The van der Waals surface area contributed by atoms with Crippen LogP contribution in [-0.2, 0) is 31.0 Å². The monoisotopic (exact) mass is 762 g/mol. The van der Waals surface area contributed by atoms with Crippen LogP contribution in [0.5, 0.6) is 11.5 Å². The van der Waals surface area contributed by atoms with Gasteiger partial charge in [0.1, 0.15) is 11.5 Å². The summed E-state index contributed by atoms with van der Waals surface area (Å²) in [5, 5.41) is 16.9. The lowest BCUT2D eigenvalue weighted by Gasteiger charge is -2.49. The molecule has 4 aliphatic rings. The minimum atomic E-state index is -1.40. The van der Waals surface area contributed by atoms with Gasteiger partial charge in [0, 0.05) is 28.8 Å². The Balaban J connectivity index is 1.27. The number of benzene rings is 2. The van der Waals surface area contributed by atoms with Crippen LogP contribution in [0.4, 0.5) is 10.6 Å². The number of fused-ring (bicyclic) bond motifs is 5. The number of methoxy groups -OCH3 is 2. The second-order valence-corrected chi connectivity index (χ2v) is 15.8. The van der Waals surface area contributed by atoms with Gasteiger partial charge in [-0.3, -0.25) is 23.9 Å². The molecule has 2 aromatic carbocycles. The highest BCUT2D eigenvalue weighted by Gasteiger charge is 2.68. The van der Waals surface area contributed by atoms with Crippen molar-refractivity contribution < 1.29 is 38.6 Å². The molecule has 2 aliphatic carbocycles. The number of amides is 5. The van der Waals surface area contributed by atoms with Crippen molar-refractivity contribution in [2.45, 2.75) is 32.6 Å². The Morgan fingerprint density at radius 3 is 2.50 bits per heavy atom. The highest BCUT2D eigenvalue weighted by Crippen LogP contribution is 2.64. The maximum Gasteiger partial charge on any atom is 0.423 e. The first-order valence-corrected chi connectivity index (χ1v) is 18.1. The molecule has 0 bridgehead atoms. The molecule has 15 heteroatoms. The summed E-state index contributed by atoms with van der Waals surface area (Å²) in [5.41, 5.74) is 1.30. The molecule has 52 heavy (non-hydrogen) atoms. The van der Waals surface area contributed by atoms with Gasteiger partial charge < -0.3 is 14.6 Å². The number of ether oxygens (including phenoxy) is 2. The molecule has 2 saturated heterocycles. The molecule has 3 fully saturated rings. The predicted octanol–water partition coefficient (Wildman–Crippen LogP) is 6.63. The molecule has 1 saturated carbocycles. The van der Waals surface area contributed by atoms with Crippen molar-refractivity contribution in [2.75, 3.05) is 19.1 Å². The van der Waals surface area contributed by atoms with Gasteiger partial charge in [-0.2, -0.15) is 10.00 Å². The number of rotatable bonds is 4. The standard InChI is InChI=1S/C37H32Cl2N4O8S/c1-15-20-12-17(38)6-9-26(20)52-31(15)24-14-27(41(3)40-24)42-33(46)22-13-21-18(7-8-19-28(21)34(47)43(32(19)45)36(49)51-5)29(37(22,2)35(42)48)16-10-23(39)30(44)25(11-16)50-4/h6-7,9-12,14,19,21-22,28-29,44H,8,13H2,1-5H3/t19-,21+,22-,28-,29-,37+/m0/s1. The third-order valence-electron chi connectivity index (χ3n) is 11.5. The van der Waals surface area contributed by atoms with E-state index in [-0.39, 0.29) is 35.2 Å². The average Bonchev–Trinajstić information content (AvgIpc) is 3.79. The van der Waals surface area contributed by atoms with Crippen LogP contribution >= 0.6 is 34.5 Å². The van der Waals surface area contributed by atoms with Gasteiger partial charge in [0.05, 0.1) is 47.3 Å². The number of aromatic nitrogens is 2. The fourth-order valence-corrected chi connectivity index (χ4v) is 10.6. The molecule has 2 aliphatic heterocycles. The van der Waals surface area contributed by atoms with E-state index in [4.69, 9.17) is 37.8 Å². The zero-order chi connectivity index (χ0) is 37.1. The quantitative estimate of drug-likeness (QED) is 0.179. The third-order valence-corrected chi connectivity index (χ3v) is 13.3. The van der Waals surface area contributed by atoms with Crippen LogP contribution in [0.25, 0.3) is 20.7 Å². The van der Waals surface area contributed by atoms with E-state index in [2.05, 4.69) is 0 Å². The van der Waals surface area contributed by atoms with Crippen LogP contribution in [0.1, 0.15) is 36.8 Å². The fraction of sp³-hybridized carbons (Fsp3) is 0.351. The lowest BCUT2D eigenvalue weighted by Crippen LogP contribution is -2.49. The van der Waals surface area contributed by atoms with Crippen molar-refractivity contribution in [1.29, 1.82) is 0 Å². The Kier molecular flexibility index (Phi) is 7.87. The Morgan fingerprint density at radius 1 is 1.04 bits per heavy atom. The molecule has 8 rings (SSSR count). The molecule has 4 aromatic rings. The van der Waals surface area contributed by atoms with Crippen LogP contribution in [-0.4, -0.2) is 63.7 Å². The van der Waals surface area contributed by atoms with Crippen molar-refractivity contribution in [3.63, 3.8) is 0 Å². The first-order chi connectivity index (χ1) is 24.7. The first kappa shape index (κ1) is 34.4. The molecule has 5 amide bonds. The Hall–Kier alpha value is -4.72. The number of phenols is 1. The largest absolute Gasteiger partial charge is 0.503 e. The number of likely N-dealkylation sites (tertiary alicyclic amines) is 1. The Bertz CT molecular complexity index is 2330. The van der Waals surface area contributed by atoms with Gasteiger partial charge in [-0.05, 0) is 79.5 Å². The van der Waals surface area contributed by atoms with Crippen LogP contribution < -0.4 is 9.64 Å². The molecule has 1 N–H and O–H groups in total. The maximum absolute atomic E-state index is 15.0. The zero-order valence-electron chi connectivity index (χ0n) is 28.6. The smallest absolute Gasteiger partial charge is 0.423 e. The first-order valence-electron chi connectivity index (χ1n) is 16.6. The topological polar surface area (TPSA) is 148 Å². The molecule has 268 valence electrons. The van der Waals surface area contributed by atoms with E-state index in [9.17, 15) is 24.3 Å². The maximum atomic E-state index is 15.0. The lowest BCUT2D eigenvalue weighted by atomic mass is 9.51. The summed E-state index contributed by atoms with van der Waals surface area (Å²) in [6.07, 6.45) is 0.973. The van der Waals surface area contributed by atoms with Crippen molar-refractivity contribution in [1.82, 2.24) is 14.7 Å². The molecule has 0 unspecified atom stereocenters. The molecule has 0 spiro atoms. The number of hydrogen-bond acceptors (Lipinski definition) is 10. The minimum absolute atomic E-state index is 0.0280. The second-order valence-electron chi connectivity index (χ2n) is 13.9. The number of halogens is 2. The van der Waals surface area contributed by atoms with E-state index in [1.54, 1.807) is 26.1 Å². The molecule has 6 atom stereocenters.